The molecule has 1 saturated heterocycles. The van der Waals surface area contributed by atoms with E-state index >= 15 is 0 Å². The summed E-state index contributed by atoms with van der Waals surface area (Å²) in [5, 5.41) is 8.87. The third-order valence-electron chi connectivity index (χ3n) is 2.21. The number of rotatable bonds is 3. The second-order valence-electron chi connectivity index (χ2n) is 3.73. The van der Waals surface area contributed by atoms with Crippen LogP contribution in [0.5, 0.6) is 0 Å². The van der Waals surface area contributed by atoms with Gasteiger partial charge >= 0.3 is 0 Å². The molecule has 1 N–H and O–H groups in total. The first-order valence-corrected chi connectivity index (χ1v) is 4.67. The van der Waals surface area contributed by atoms with E-state index in [1.807, 2.05) is 0 Å². The van der Waals surface area contributed by atoms with Crippen molar-refractivity contribution in [2.75, 3.05) is 32.8 Å². The lowest BCUT2D eigenvalue weighted by molar-refractivity contribution is -0.0246. The van der Waals surface area contributed by atoms with Crippen molar-refractivity contribution in [1.29, 1.82) is 0 Å². The van der Waals surface area contributed by atoms with Crippen molar-refractivity contribution in [3.05, 3.63) is 0 Å². The monoisotopic (exact) mass is 173 g/mol. The van der Waals surface area contributed by atoms with Gasteiger partial charge in [0.15, 0.2) is 0 Å². The van der Waals surface area contributed by atoms with Crippen LogP contribution in [0, 0.1) is 5.92 Å². The van der Waals surface area contributed by atoms with E-state index in [0.717, 1.165) is 26.2 Å². The van der Waals surface area contributed by atoms with Gasteiger partial charge in [-0.05, 0) is 12.8 Å². The third kappa shape index (κ3) is 3.09. The molecule has 3 nitrogen and oxygen atoms in total. The van der Waals surface area contributed by atoms with Gasteiger partial charge in [0.25, 0.3) is 0 Å². The summed E-state index contributed by atoms with van der Waals surface area (Å²) in [6.45, 7) is 8.28. The van der Waals surface area contributed by atoms with Gasteiger partial charge in [-0.25, -0.2) is 0 Å². The van der Waals surface area contributed by atoms with Crippen LogP contribution in [0.25, 0.3) is 0 Å². The highest BCUT2D eigenvalue weighted by molar-refractivity contribution is 4.69. The van der Waals surface area contributed by atoms with Gasteiger partial charge in [-0.15, -0.1) is 0 Å². The maximum absolute atomic E-state index is 8.87. The molecule has 0 bridgehead atoms. The molecule has 72 valence electrons. The smallest absolute Gasteiger partial charge is 0.0674 e. The molecular weight excluding hydrogens is 154 g/mol. The Morgan fingerprint density at radius 1 is 1.67 bits per heavy atom. The zero-order valence-corrected chi connectivity index (χ0v) is 7.99. The fourth-order valence-electron chi connectivity index (χ4n) is 1.55. The van der Waals surface area contributed by atoms with Gasteiger partial charge in [-0.2, -0.15) is 0 Å². The fraction of sp³-hybridized carbons (Fsp3) is 1.00. The van der Waals surface area contributed by atoms with Gasteiger partial charge in [-0.3, -0.25) is 4.90 Å². The molecule has 2 unspecified atom stereocenters. The number of morpholine rings is 1. The summed E-state index contributed by atoms with van der Waals surface area (Å²) in [4.78, 5) is 2.36. The van der Waals surface area contributed by atoms with E-state index in [9.17, 15) is 0 Å². The predicted octanol–water partition coefficient (Wildman–Crippen LogP) is 0.335. The van der Waals surface area contributed by atoms with Crippen LogP contribution in [-0.2, 0) is 4.74 Å². The van der Waals surface area contributed by atoms with Crippen LogP contribution in [0.15, 0.2) is 0 Å². The van der Waals surface area contributed by atoms with Crippen molar-refractivity contribution in [2.45, 2.75) is 20.0 Å². The van der Waals surface area contributed by atoms with Gasteiger partial charge < -0.3 is 9.84 Å². The van der Waals surface area contributed by atoms with E-state index in [-0.39, 0.29) is 6.61 Å². The molecule has 0 aromatic rings. The molecule has 0 saturated carbocycles. The number of nitrogens with zero attached hydrogens (tertiary/aromatic N) is 1. The number of ether oxygens (including phenoxy) is 1. The van der Waals surface area contributed by atoms with Crippen LogP contribution in [0.3, 0.4) is 0 Å². The first-order valence-electron chi connectivity index (χ1n) is 4.67. The van der Waals surface area contributed by atoms with Gasteiger partial charge in [0.05, 0.1) is 12.7 Å². The molecule has 1 aliphatic heterocycles. The normalized spacial score (nSPS) is 28.8. The minimum absolute atomic E-state index is 0.283. The van der Waals surface area contributed by atoms with E-state index in [2.05, 4.69) is 18.7 Å². The summed E-state index contributed by atoms with van der Waals surface area (Å²) < 4.78 is 5.42. The largest absolute Gasteiger partial charge is 0.396 e. The quantitative estimate of drug-likeness (QED) is 0.668. The Hall–Kier alpha value is -0.120. The number of hydrogen-bond donors (Lipinski definition) is 1. The van der Waals surface area contributed by atoms with Crippen molar-refractivity contribution in [3.63, 3.8) is 0 Å². The molecule has 2 atom stereocenters. The first kappa shape index (κ1) is 9.96. The zero-order valence-electron chi connectivity index (χ0n) is 7.99. The topological polar surface area (TPSA) is 32.7 Å². The second-order valence-corrected chi connectivity index (χ2v) is 3.73. The summed E-state index contributed by atoms with van der Waals surface area (Å²) in [5.74, 6) is 0.385. The maximum atomic E-state index is 8.87. The lowest BCUT2D eigenvalue weighted by Crippen LogP contribution is -2.43. The highest BCUT2D eigenvalue weighted by Crippen LogP contribution is 2.06. The molecule has 3 heteroatoms. The van der Waals surface area contributed by atoms with Crippen LogP contribution in [0.2, 0.25) is 0 Å². The third-order valence-corrected chi connectivity index (χ3v) is 2.21. The molecule has 0 spiro atoms. The molecule has 0 aromatic heterocycles. The van der Waals surface area contributed by atoms with Crippen molar-refractivity contribution in [1.82, 2.24) is 4.90 Å². The lowest BCUT2D eigenvalue weighted by Gasteiger charge is -2.32. The predicted molar refractivity (Wildman–Crippen MR) is 48.1 cm³/mol. The van der Waals surface area contributed by atoms with Crippen molar-refractivity contribution in [2.24, 2.45) is 5.92 Å². The van der Waals surface area contributed by atoms with Gasteiger partial charge in [0.1, 0.15) is 0 Å². The zero-order chi connectivity index (χ0) is 8.97. The van der Waals surface area contributed by atoms with E-state index in [0.29, 0.717) is 12.0 Å². The van der Waals surface area contributed by atoms with Crippen LogP contribution in [0.1, 0.15) is 13.8 Å². The summed E-state index contributed by atoms with van der Waals surface area (Å²) >= 11 is 0. The molecule has 0 aliphatic carbocycles. The summed E-state index contributed by atoms with van der Waals surface area (Å²) in [7, 11) is 0. The summed E-state index contributed by atoms with van der Waals surface area (Å²) in [6.07, 6.45) is 0.352. The van der Waals surface area contributed by atoms with E-state index in [4.69, 9.17) is 9.84 Å². The van der Waals surface area contributed by atoms with E-state index in [1.165, 1.54) is 0 Å². The van der Waals surface area contributed by atoms with Crippen LogP contribution in [-0.4, -0.2) is 49.0 Å². The van der Waals surface area contributed by atoms with Gasteiger partial charge in [0.2, 0.25) is 0 Å². The van der Waals surface area contributed by atoms with Crippen LogP contribution < -0.4 is 0 Å². The summed E-state index contributed by atoms with van der Waals surface area (Å²) in [5.41, 5.74) is 0. The average Bonchev–Trinajstić information content (AvgIpc) is 2.04. The molecule has 1 aliphatic rings. The highest BCUT2D eigenvalue weighted by atomic mass is 16.5. The molecule has 12 heavy (non-hydrogen) atoms. The Morgan fingerprint density at radius 2 is 2.42 bits per heavy atom. The Kier molecular flexibility index (Phi) is 3.98. The van der Waals surface area contributed by atoms with Gasteiger partial charge in [0, 0.05) is 26.2 Å². The molecule has 0 aromatic carbocycles. The Bertz CT molecular complexity index is 130. The molecular formula is C9H19NO2. The van der Waals surface area contributed by atoms with Gasteiger partial charge in [-0.1, -0.05) is 6.92 Å². The number of aliphatic hydroxyl groups excluding tert-OH is 1. The van der Waals surface area contributed by atoms with E-state index < -0.39 is 0 Å². The van der Waals surface area contributed by atoms with Crippen molar-refractivity contribution in [3.8, 4) is 0 Å². The fourth-order valence-corrected chi connectivity index (χ4v) is 1.55. The highest BCUT2D eigenvalue weighted by Gasteiger charge is 2.17. The maximum Gasteiger partial charge on any atom is 0.0674 e. The minimum atomic E-state index is 0.283. The summed E-state index contributed by atoms with van der Waals surface area (Å²) in [6, 6.07) is 0. The number of hydrogen-bond acceptors (Lipinski definition) is 3. The Balaban J connectivity index is 2.22. The molecule has 0 amide bonds. The van der Waals surface area contributed by atoms with E-state index in [1.54, 1.807) is 0 Å². The van der Waals surface area contributed by atoms with Crippen LogP contribution in [0.4, 0.5) is 0 Å². The molecule has 1 rings (SSSR count). The second kappa shape index (κ2) is 4.80. The SMILES string of the molecule is CC(CO)CN1CCOC(C)C1. The first-order chi connectivity index (χ1) is 5.72. The average molecular weight is 173 g/mol. The number of aliphatic hydroxyl groups is 1. The van der Waals surface area contributed by atoms with Crippen molar-refractivity contribution < 1.29 is 9.84 Å². The van der Waals surface area contributed by atoms with Crippen molar-refractivity contribution >= 4 is 0 Å². The standard InChI is InChI=1S/C9H19NO2/c1-8(7-11)5-10-3-4-12-9(2)6-10/h8-9,11H,3-7H2,1-2H3. The lowest BCUT2D eigenvalue weighted by atomic mass is 10.1. The minimum Gasteiger partial charge on any atom is -0.396 e. The molecule has 1 heterocycles. The molecule has 0 radical (unpaired) electrons. The Morgan fingerprint density at radius 3 is 3.00 bits per heavy atom. The Labute approximate surface area is 74.3 Å². The molecule has 1 fully saturated rings. The van der Waals surface area contributed by atoms with Crippen LogP contribution >= 0.6 is 0 Å².